The molecule has 5 atom stereocenters. The molecule has 0 spiro atoms. The van der Waals surface area contributed by atoms with Crippen molar-refractivity contribution in [3.8, 4) is 5.75 Å². The van der Waals surface area contributed by atoms with Crippen molar-refractivity contribution in [3.05, 3.63) is 36.0 Å². The molecule has 37 heavy (non-hydrogen) atoms. The summed E-state index contributed by atoms with van der Waals surface area (Å²) in [4.78, 5) is 32.2. The standard InChI is InChI=1S/C28H36BN3O5/c1-5-35-18-8-9-19-20(10-11-30-21(19)15-18)26(34)31-16-24(33)32-12-6-7-25(32)36-29-23-14-17-13-22(27(17,2)3)28(23,4)37-29/h8-11,15,17,22-23,25H,5-7,12-14,16H2,1-4H3,(H,31,34). The van der Waals surface area contributed by atoms with Gasteiger partial charge in [-0.1, -0.05) is 13.8 Å². The van der Waals surface area contributed by atoms with Crippen LogP contribution < -0.4 is 10.1 Å². The molecule has 1 aromatic heterocycles. The monoisotopic (exact) mass is 505 g/mol. The first-order valence-electron chi connectivity index (χ1n) is 13.6. The van der Waals surface area contributed by atoms with E-state index in [-0.39, 0.29) is 37.3 Å². The number of amides is 2. The summed E-state index contributed by atoms with van der Waals surface area (Å²) in [6.07, 6.45) is 5.35. The minimum absolute atomic E-state index is 0.0788. The van der Waals surface area contributed by atoms with E-state index in [1.165, 1.54) is 6.42 Å². The molecule has 2 aromatic rings. The number of pyridine rings is 1. The number of hydrogen-bond donors (Lipinski definition) is 1. The van der Waals surface area contributed by atoms with Gasteiger partial charge in [0.1, 0.15) is 12.0 Å². The third-order valence-corrected chi connectivity index (χ3v) is 9.62. The summed E-state index contributed by atoms with van der Waals surface area (Å²) in [5.74, 6) is 1.98. The van der Waals surface area contributed by atoms with Gasteiger partial charge in [0.15, 0.2) is 0 Å². The number of nitrogens with zero attached hydrogens (tertiary/aromatic N) is 2. The number of carbonyl (C=O) groups is 2. The summed E-state index contributed by atoms with van der Waals surface area (Å²) >= 11 is 0. The van der Waals surface area contributed by atoms with Gasteiger partial charge in [-0.15, -0.1) is 0 Å². The van der Waals surface area contributed by atoms with Crippen molar-refractivity contribution in [3.63, 3.8) is 0 Å². The highest BCUT2D eigenvalue weighted by molar-refractivity contribution is 6.50. The molecule has 2 amide bonds. The van der Waals surface area contributed by atoms with Crippen LogP contribution in [0.1, 0.15) is 63.7 Å². The van der Waals surface area contributed by atoms with Crippen molar-refractivity contribution in [2.75, 3.05) is 19.7 Å². The Labute approximate surface area is 218 Å². The summed E-state index contributed by atoms with van der Waals surface area (Å²) in [6, 6.07) is 7.14. The van der Waals surface area contributed by atoms with Crippen LogP contribution in [0.4, 0.5) is 0 Å². The molecular weight excluding hydrogens is 469 g/mol. The molecule has 5 fully saturated rings. The maximum absolute atomic E-state index is 13.1. The predicted molar refractivity (Wildman–Crippen MR) is 140 cm³/mol. The number of ether oxygens (including phenoxy) is 1. The lowest BCUT2D eigenvalue weighted by Crippen LogP contribution is -2.74. The van der Waals surface area contributed by atoms with Gasteiger partial charge in [-0.25, -0.2) is 0 Å². The van der Waals surface area contributed by atoms with Crippen LogP contribution in [-0.2, 0) is 14.1 Å². The van der Waals surface area contributed by atoms with E-state index >= 15 is 0 Å². The average molecular weight is 505 g/mol. The van der Waals surface area contributed by atoms with Crippen LogP contribution in [0.2, 0.25) is 5.82 Å². The van der Waals surface area contributed by atoms with E-state index in [9.17, 15) is 9.59 Å². The summed E-state index contributed by atoms with van der Waals surface area (Å²) in [6.45, 7) is 10.00. The van der Waals surface area contributed by atoms with Gasteiger partial charge < -0.3 is 24.3 Å². The van der Waals surface area contributed by atoms with E-state index in [1.54, 1.807) is 17.2 Å². The van der Waals surface area contributed by atoms with Crippen molar-refractivity contribution in [2.24, 2.45) is 17.3 Å². The summed E-state index contributed by atoms with van der Waals surface area (Å²) < 4.78 is 18.3. The fourth-order valence-corrected chi connectivity index (χ4v) is 7.37. The predicted octanol–water partition coefficient (Wildman–Crippen LogP) is 4.04. The quantitative estimate of drug-likeness (QED) is 0.572. The number of likely N-dealkylation sites (tertiary alicyclic amines) is 1. The van der Waals surface area contributed by atoms with E-state index < -0.39 is 0 Å². The average Bonchev–Trinajstić information content (AvgIpc) is 3.33. The Bertz CT molecular complexity index is 1240. The Morgan fingerprint density at radius 2 is 2.08 bits per heavy atom. The topological polar surface area (TPSA) is 90.0 Å². The molecule has 8 nitrogen and oxygen atoms in total. The molecule has 2 aliphatic heterocycles. The fourth-order valence-electron chi connectivity index (χ4n) is 7.37. The lowest BCUT2D eigenvalue weighted by molar-refractivity contribution is -0.229. The lowest BCUT2D eigenvalue weighted by atomic mass is 9.33. The zero-order valence-electron chi connectivity index (χ0n) is 22.2. The van der Waals surface area contributed by atoms with Crippen LogP contribution >= 0.6 is 0 Å². The summed E-state index contributed by atoms with van der Waals surface area (Å²) in [5.41, 5.74) is 1.39. The van der Waals surface area contributed by atoms with Gasteiger partial charge in [0.25, 0.3) is 5.91 Å². The molecule has 196 valence electrons. The first-order chi connectivity index (χ1) is 17.7. The highest BCUT2D eigenvalue weighted by Crippen LogP contribution is 2.71. The van der Waals surface area contributed by atoms with Crippen LogP contribution in [0.25, 0.3) is 10.9 Å². The van der Waals surface area contributed by atoms with Crippen LogP contribution in [0.3, 0.4) is 0 Å². The molecule has 5 aliphatic rings. The van der Waals surface area contributed by atoms with Crippen molar-refractivity contribution >= 4 is 29.8 Å². The Kier molecular flexibility index (Phi) is 5.99. The van der Waals surface area contributed by atoms with Gasteiger partial charge >= 0.3 is 7.12 Å². The van der Waals surface area contributed by atoms with Crippen LogP contribution in [0.5, 0.6) is 5.75 Å². The molecule has 3 aliphatic carbocycles. The fraction of sp³-hybridized carbons (Fsp3) is 0.607. The summed E-state index contributed by atoms with van der Waals surface area (Å²) in [5, 5.41) is 3.52. The van der Waals surface area contributed by atoms with Crippen molar-refractivity contribution in [1.29, 1.82) is 0 Å². The molecule has 9 heteroatoms. The van der Waals surface area contributed by atoms with Gasteiger partial charge in [-0.05, 0) is 75.0 Å². The van der Waals surface area contributed by atoms with Crippen molar-refractivity contribution in [1.82, 2.24) is 15.2 Å². The smallest absolute Gasteiger partial charge is 0.465 e. The number of aromatic nitrogens is 1. The Morgan fingerprint density at radius 3 is 2.84 bits per heavy atom. The Balaban J connectivity index is 1.06. The minimum atomic E-state index is -0.302. The molecule has 0 radical (unpaired) electrons. The molecule has 5 unspecified atom stereocenters. The second-order valence-corrected chi connectivity index (χ2v) is 11.8. The molecule has 3 saturated carbocycles. The molecule has 2 saturated heterocycles. The Morgan fingerprint density at radius 1 is 1.24 bits per heavy atom. The van der Waals surface area contributed by atoms with Gasteiger partial charge in [0.05, 0.1) is 29.8 Å². The summed E-state index contributed by atoms with van der Waals surface area (Å²) in [7, 11) is -0.246. The zero-order valence-corrected chi connectivity index (χ0v) is 22.2. The van der Waals surface area contributed by atoms with E-state index in [0.29, 0.717) is 47.1 Å². The third-order valence-electron chi connectivity index (χ3n) is 9.62. The normalized spacial score (nSPS) is 31.4. The molecule has 3 heterocycles. The van der Waals surface area contributed by atoms with Gasteiger partial charge in [0.2, 0.25) is 5.91 Å². The minimum Gasteiger partial charge on any atom is -0.494 e. The molecule has 1 N–H and O–H groups in total. The lowest BCUT2D eigenvalue weighted by Gasteiger charge is -2.72. The largest absolute Gasteiger partial charge is 0.494 e. The number of carbonyl (C=O) groups excluding carboxylic acids is 2. The van der Waals surface area contributed by atoms with E-state index in [2.05, 4.69) is 31.1 Å². The first kappa shape index (κ1) is 24.7. The van der Waals surface area contributed by atoms with E-state index in [0.717, 1.165) is 30.6 Å². The maximum Gasteiger partial charge on any atom is 0.465 e. The second-order valence-electron chi connectivity index (χ2n) is 11.8. The van der Waals surface area contributed by atoms with Crippen LogP contribution in [0.15, 0.2) is 30.5 Å². The van der Waals surface area contributed by atoms with E-state index in [1.807, 2.05) is 25.1 Å². The third kappa shape index (κ3) is 3.93. The van der Waals surface area contributed by atoms with Crippen molar-refractivity contribution < 1.29 is 23.6 Å². The molecule has 1 aromatic carbocycles. The van der Waals surface area contributed by atoms with E-state index in [4.69, 9.17) is 14.0 Å². The number of fused-ring (bicyclic) bond motifs is 1. The SMILES string of the molecule is CCOc1ccc2c(C(=O)NCC(=O)N3CCCC3OB3OC4(C)C3CC3CC4C3(C)C)ccnc2c1. The Hall–Kier alpha value is -2.65. The zero-order chi connectivity index (χ0) is 25.9. The molecular formula is C28H36BN3O5. The number of rotatable bonds is 7. The van der Waals surface area contributed by atoms with Gasteiger partial charge in [-0.2, -0.15) is 0 Å². The first-order valence-corrected chi connectivity index (χ1v) is 13.6. The van der Waals surface area contributed by atoms with Gasteiger partial charge in [0, 0.05) is 30.0 Å². The molecule has 2 bridgehead atoms. The number of nitrogens with one attached hydrogen (secondary N) is 1. The van der Waals surface area contributed by atoms with Crippen LogP contribution in [0, 0.1) is 17.3 Å². The molecule has 7 rings (SSSR count). The maximum atomic E-state index is 13.1. The highest BCUT2D eigenvalue weighted by Gasteiger charge is 2.72. The number of hydrogen-bond acceptors (Lipinski definition) is 6. The van der Waals surface area contributed by atoms with Crippen LogP contribution in [-0.4, -0.2) is 60.3 Å². The number of benzene rings is 1. The second kappa shape index (κ2) is 8.98. The van der Waals surface area contributed by atoms with Crippen molar-refractivity contribution in [2.45, 2.75) is 71.0 Å². The van der Waals surface area contributed by atoms with Gasteiger partial charge in [-0.3, -0.25) is 14.6 Å². The highest BCUT2D eigenvalue weighted by atomic mass is 16.6.